The molecule has 3 aliphatic carbocycles. The minimum Gasteiger partial charge on any atom is -0.362 e. The largest absolute Gasteiger partial charge is 0.362 e. The average Bonchev–Trinajstić information content (AvgIpc) is 2.53. The molecule has 134 valence electrons. The molecule has 5 nitrogen and oxygen atoms in total. The predicted octanol–water partition coefficient (Wildman–Crippen LogP) is 2.89. The Morgan fingerprint density at radius 1 is 1.28 bits per heavy atom. The van der Waals surface area contributed by atoms with Gasteiger partial charge < -0.3 is 16.0 Å². The molecule has 1 aromatic rings. The third kappa shape index (κ3) is 2.52. The van der Waals surface area contributed by atoms with E-state index in [2.05, 4.69) is 22.9 Å². The maximum absolute atomic E-state index is 12.7. The first-order valence-corrected chi connectivity index (χ1v) is 9.33. The average molecular weight is 341 g/mol. The zero-order chi connectivity index (χ0) is 17.8. The van der Waals surface area contributed by atoms with E-state index in [0.29, 0.717) is 5.56 Å². The van der Waals surface area contributed by atoms with E-state index in [9.17, 15) is 9.59 Å². The highest BCUT2D eigenvalue weighted by Gasteiger charge is 2.60. The first kappa shape index (κ1) is 16.4. The normalized spacial score (nSPS) is 35.9. The number of benzene rings is 1. The fraction of sp³-hybridized carbons (Fsp3) is 0.600. The number of rotatable bonds is 2. The van der Waals surface area contributed by atoms with E-state index in [1.54, 1.807) is 0 Å². The van der Waals surface area contributed by atoms with Crippen molar-refractivity contribution in [3.05, 3.63) is 29.8 Å². The second kappa shape index (κ2) is 5.48. The Kier molecular flexibility index (Phi) is 3.60. The van der Waals surface area contributed by atoms with Crippen molar-refractivity contribution >= 4 is 17.5 Å². The number of carbonyl (C=O) groups excluding carboxylic acids is 2. The number of hydrogen-bond donors (Lipinski definition) is 3. The quantitative estimate of drug-likeness (QED) is 0.775. The Morgan fingerprint density at radius 2 is 2.04 bits per heavy atom. The van der Waals surface area contributed by atoms with Crippen molar-refractivity contribution in [2.75, 3.05) is 5.32 Å². The maximum atomic E-state index is 12.7. The van der Waals surface area contributed by atoms with Crippen LogP contribution in [0, 0.1) is 17.3 Å². The molecule has 3 saturated carbocycles. The fourth-order valence-corrected chi connectivity index (χ4v) is 5.24. The summed E-state index contributed by atoms with van der Waals surface area (Å²) < 4.78 is 0. The van der Waals surface area contributed by atoms with Gasteiger partial charge in [-0.05, 0) is 57.1 Å². The summed E-state index contributed by atoms with van der Waals surface area (Å²) in [5.74, 6) is 0.456. The summed E-state index contributed by atoms with van der Waals surface area (Å²) in [5.41, 5.74) is 1.09. The maximum Gasteiger partial charge on any atom is 0.255 e. The van der Waals surface area contributed by atoms with Crippen LogP contribution in [-0.4, -0.2) is 23.5 Å². The molecular weight excluding hydrogens is 314 g/mol. The molecule has 1 aliphatic heterocycles. The van der Waals surface area contributed by atoms with Gasteiger partial charge in [0.15, 0.2) is 0 Å². The van der Waals surface area contributed by atoms with Crippen LogP contribution in [0.1, 0.15) is 56.8 Å². The molecule has 4 atom stereocenters. The third-order valence-corrected chi connectivity index (χ3v) is 6.42. The Balaban J connectivity index is 1.64. The van der Waals surface area contributed by atoms with Gasteiger partial charge in [0.2, 0.25) is 5.91 Å². The molecule has 25 heavy (non-hydrogen) atoms. The lowest BCUT2D eigenvalue weighted by molar-refractivity contribution is -0.140. The van der Waals surface area contributed by atoms with Crippen molar-refractivity contribution in [2.24, 2.45) is 17.3 Å². The smallest absolute Gasteiger partial charge is 0.255 e. The van der Waals surface area contributed by atoms with Crippen molar-refractivity contribution in [3.8, 4) is 0 Å². The number of carbonyl (C=O) groups is 2. The van der Waals surface area contributed by atoms with Crippen LogP contribution in [0.4, 0.5) is 5.69 Å². The van der Waals surface area contributed by atoms with Gasteiger partial charge in [-0.15, -0.1) is 0 Å². The topological polar surface area (TPSA) is 70.2 Å². The van der Waals surface area contributed by atoms with Gasteiger partial charge in [-0.1, -0.05) is 19.1 Å². The monoisotopic (exact) mass is 341 g/mol. The summed E-state index contributed by atoms with van der Waals surface area (Å²) in [6.07, 6.45) is 3.69. The predicted molar refractivity (Wildman–Crippen MR) is 97.1 cm³/mol. The molecule has 1 aromatic carbocycles. The number of amides is 2. The van der Waals surface area contributed by atoms with Gasteiger partial charge in [-0.25, -0.2) is 0 Å². The Hall–Kier alpha value is -2.04. The zero-order valence-electron chi connectivity index (χ0n) is 15.2. The van der Waals surface area contributed by atoms with Crippen molar-refractivity contribution in [3.63, 3.8) is 0 Å². The van der Waals surface area contributed by atoms with Crippen LogP contribution in [0.2, 0.25) is 0 Å². The molecule has 4 aliphatic rings. The molecule has 0 radical (unpaired) electrons. The summed E-state index contributed by atoms with van der Waals surface area (Å²) in [6, 6.07) is 7.83. The molecule has 1 spiro atoms. The molecular formula is C20H27N3O2. The van der Waals surface area contributed by atoms with E-state index < -0.39 is 5.66 Å². The van der Waals surface area contributed by atoms with E-state index in [4.69, 9.17) is 0 Å². The number of nitrogens with one attached hydrogen (secondary N) is 3. The number of para-hydroxylation sites is 1. The van der Waals surface area contributed by atoms with Gasteiger partial charge in [0.1, 0.15) is 5.66 Å². The molecule has 0 saturated heterocycles. The van der Waals surface area contributed by atoms with Crippen molar-refractivity contribution < 1.29 is 9.59 Å². The minimum atomic E-state index is -0.424. The summed E-state index contributed by atoms with van der Waals surface area (Å²) >= 11 is 0. The molecule has 5 heteroatoms. The standard InChI is InChI=1S/C20H27N3O2/c1-12(2)21-18(25)15-10-13-8-9-19(15,3)11-20(13)22-16-7-5-4-6-14(16)17(24)23-20/h4-7,12-13,15,22H,8-11H2,1-3H3,(H,21,25)(H,23,24)/t13-,15-,19+,20-/m0/s1. The number of anilines is 1. The highest BCUT2D eigenvalue weighted by molar-refractivity contribution is 6.02. The molecule has 0 aromatic heterocycles. The number of hydrogen-bond acceptors (Lipinski definition) is 3. The summed E-state index contributed by atoms with van der Waals surface area (Å²) in [5, 5.41) is 9.99. The van der Waals surface area contributed by atoms with Gasteiger partial charge in [0, 0.05) is 23.6 Å². The Bertz CT molecular complexity index is 731. The van der Waals surface area contributed by atoms with Gasteiger partial charge >= 0.3 is 0 Å². The number of fused-ring (bicyclic) bond motifs is 3. The molecule has 0 unspecified atom stereocenters. The third-order valence-electron chi connectivity index (χ3n) is 6.42. The molecule has 3 N–H and O–H groups in total. The summed E-state index contributed by atoms with van der Waals surface area (Å²) in [4.78, 5) is 25.4. The van der Waals surface area contributed by atoms with Crippen molar-refractivity contribution in [1.82, 2.24) is 10.6 Å². The second-order valence-electron chi connectivity index (χ2n) is 8.61. The van der Waals surface area contributed by atoms with Gasteiger partial charge in [0.05, 0.1) is 5.56 Å². The second-order valence-corrected chi connectivity index (χ2v) is 8.61. The van der Waals surface area contributed by atoms with E-state index >= 15 is 0 Å². The fourth-order valence-electron chi connectivity index (χ4n) is 5.24. The van der Waals surface area contributed by atoms with Crippen LogP contribution in [0.5, 0.6) is 0 Å². The van der Waals surface area contributed by atoms with E-state index in [0.717, 1.165) is 31.4 Å². The first-order valence-electron chi connectivity index (χ1n) is 9.33. The van der Waals surface area contributed by atoms with E-state index in [1.165, 1.54) is 0 Å². The van der Waals surface area contributed by atoms with Crippen LogP contribution in [0.3, 0.4) is 0 Å². The summed E-state index contributed by atoms with van der Waals surface area (Å²) in [7, 11) is 0. The van der Waals surface area contributed by atoms with Crippen molar-refractivity contribution in [1.29, 1.82) is 0 Å². The van der Waals surface area contributed by atoms with Crippen LogP contribution in [0.15, 0.2) is 24.3 Å². The van der Waals surface area contributed by atoms with E-state index in [-0.39, 0.29) is 35.1 Å². The van der Waals surface area contributed by atoms with Crippen LogP contribution in [0.25, 0.3) is 0 Å². The van der Waals surface area contributed by atoms with Gasteiger partial charge in [-0.3, -0.25) is 9.59 Å². The van der Waals surface area contributed by atoms with Crippen LogP contribution >= 0.6 is 0 Å². The highest BCUT2D eigenvalue weighted by Crippen LogP contribution is 2.58. The van der Waals surface area contributed by atoms with Crippen molar-refractivity contribution in [2.45, 2.75) is 58.2 Å². The zero-order valence-corrected chi connectivity index (χ0v) is 15.2. The van der Waals surface area contributed by atoms with Gasteiger partial charge in [-0.2, -0.15) is 0 Å². The lowest BCUT2D eigenvalue weighted by atomic mass is 9.51. The molecule has 5 rings (SSSR count). The lowest BCUT2D eigenvalue weighted by Crippen LogP contribution is -2.70. The Labute approximate surface area is 148 Å². The van der Waals surface area contributed by atoms with Crippen LogP contribution < -0.4 is 16.0 Å². The molecule has 3 fully saturated rings. The Morgan fingerprint density at radius 3 is 2.76 bits per heavy atom. The van der Waals surface area contributed by atoms with Gasteiger partial charge in [0.25, 0.3) is 5.91 Å². The summed E-state index contributed by atoms with van der Waals surface area (Å²) in [6.45, 7) is 6.22. The molecule has 2 amide bonds. The molecule has 1 heterocycles. The lowest BCUT2D eigenvalue weighted by Gasteiger charge is -2.60. The SMILES string of the molecule is CC(C)NC(=O)[C@@H]1C[C@@H]2CC[C@]1(C)C[C@]21NC(=O)c2ccccc2N1. The van der Waals surface area contributed by atoms with Crippen LogP contribution in [-0.2, 0) is 4.79 Å². The highest BCUT2D eigenvalue weighted by atomic mass is 16.2. The molecule has 2 bridgehead atoms. The first-order chi connectivity index (χ1) is 11.8. The minimum absolute atomic E-state index is 0.00585. The van der Waals surface area contributed by atoms with E-state index in [1.807, 2.05) is 38.1 Å².